The van der Waals surface area contributed by atoms with Gasteiger partial charge in [0.1, 0.15) is 0 Å². The van der Waals surface area contributed by atoms with Gasteiger partial charge in [-0.1, -0.05) is 31.2 Å². The smallest absolute Gasteiger partial charge is 0.0104 e. The van der Waals surface area contributed by atoms with Crippen LogP contribution in [-0.4, -0.2) is 38.1 Å². The SMILES string of the molecule is CCNCCN(C)CCCc1ccccc1C. The lowest BCUT2D eigenvalue weighted by atomic mass is 10.0. The summed E-state index contributed by atoms with van der Waals surface area (Å²) >= 11 is 0. The van der Waals surface area contributed by atoms with Crippen molar-refractivity contribution in [1.82, 2.24) is 10.2 Å². The highest BCUT2D eigenvalue weighted by molar-refractivity contribution is 5.25. The van der Waals surface area contributed by atoms with E-state index in [1.54, 1.807) is 0 Å². The summed E-state index contributed by atoms with van der Waals surface area (Å²) in [6.45, 7) is 8.83. The third-order valence-electron chi connectivity index (χ3n) is 3.17. The molecule has 0 unspecified atom stereocenters. The molecule has 0 saturated heterocycles. The van der Waals surface area contributed by atoms with Crippen molar-refractivity contribution in [2.75, 3.05) is 33.2 Å². The van der Waals surface area contributed by atoms with Gasteiger partial charge in [-0.05, 0) is 51.0 Å². The van der Waals surface area contributed by atoms with Crippen molar-refractivity contribution < 1.29 is 0 Å². The third kappa shape index (κ3) is 5.85. The van der Waals surface area contributed by atoms with Gasteiger partial charge in [-0.25, -0.2) is 0 Å². The molecular weight excluding hydrogens is 208 g/mol. The van der Waals surface area contributed by atoms with Gasteiger partial charge in [-0.2, -0.15) is 0 Å². The van der Waals surface area contributed by atoms with Crippen LogP contribution < -0.4 is 5.32 Å². The molecule has 1 N–H and O–H groups in total. The summed E-state index contributed by atoms with van der Waals surface area (Å²) in [6.07, 6.45) is 2.44. The van der Waals surface area contributed by atoms with Gasteiger partial charge in [0.2, 0.25) is 0 Å². The summed E-state index contributed by atoms with van der Waals surface area (Å²) in [6, 6.07) is 8.69. The van der Waals surface area contributed by atoms with E-state index < -0.39 is 0 Å². The summed E-state index contributed by atoms with van der Waals surface area (Å²) in [4.78, 5) is 2.40. The second kappa shape index (κ2) is 8.26. The van der Waals surface area contributed by atoms with E-state index in [-0.39, 0.29) is 0 Å². The van der Waals surface area contributed by atoms with Crippen LogP contribution in [0, 0.1) is 6.92 Å². The van der Waals surface area contributed by atoms with Crippen LogP contribution in [-0.2, 0) is 6.42 Å². The van der Waals surface area contributed by atoms with Crippen LogP contribution in [0.1, 0.15) is 24.5 Å². The number of nitrogens with one attached hydrogen (secondary N) is 1. The zero-order valence-corrected chi connectivity index (χ0v) is 11.5. The first-order valence-corrected chi connectivity index (χ1v) is 6.67. The molecule has 1 aromatic carbocycles. The van der Waals surface area contributed by atoms with Gasteiger partial charge in [0.25, 0.3) is 0 Å². The van der Waals surface area contributed by atoms with Gasteiger partial charge in [0.15, 0.2) is 0 Å². The fraction of sp³-hybridized carbons (Fsp3) is 0.600. The molecule has 0 aromatic heterocycles. The van der Waals surface area contributed by atoms with Crippen LogP contribution in [0.3, 0.4) is 0 Å². The Balaban J connectivity index is 2.17. The maximum Gasteiger partial charge on any atom is 0.0104 e. The predicted molar refractivity (Wildman–Crippen MR) is 75.5 cm³/mol. The molecule has 17 heavy (non-hydrogen) atoms. The Bertz CT molecular complexity index is 310. The monoisotopic (exact) mass is 234 g/mol. The van der Waals surface area contributed by atoms with E-state index in [0.29, 0.717) is 0 Å². The Morgan fingerprint density at radius 2 is 1.94 bits per heavy atom. The van der Waals surface area contributed by atoms with Crippen molar-refractivity contribution in [3.63, 3.8) is 0 Å². The van der Waals surface area contributed by atoms with E-state index in [4.69, 9.17) is 0 Å². The standard InChI is InChI=1S/C15H26N2/c1-4-16-11-13-17(3)12-7-10-15-9-6-5-8-14(15)2/h5-6,8-9,16H,4,7,10-13H2,1-3H3. The number of hydrogen-bond donors (Lipinski definition) is 1. The Kier molecular flexibility index (Phi) is 6.90. The van der Waals surface area contributed by atoms with E-state index in [0.717, 1.165) is 19.6 Å². The van der Waals surface area contributed by atoms with Crippen molar-refractivity contribution in [2.45, 2.75) is 26.7 Å². The van der Waals surface area contributed by atoms with Gasteiger partial charge in [-0.3, -0.25) is 0 Å². The number of nitrogens with zero attached hydrogens (tertiary/aromatic N) is 1. The van der Waals surface area contributed by atoms with Crippen LogP contribution in [0.4, 0.5) is 0 Å². The summed E-state index contributed by atoms with van der Waals surface area (Å²) < 4.78 is 0. The molecule has 1 rings (SSSR count). The molecular formula is C15H26N2. The molecule has 0 bridgehead atoms. The molecule has 2 nitrogen and oxygen atoms in total. The first-order valence-electron chi connectivity index (χ1n) is 6.67. The van der Waals surface area contributed by atoms with Crippen molar-refractivity contribution >= 4 is 0 Å². The molecule has 0 fully saturated rings. The molecule has 0 amide bonds. The number of aryl methyl sites for hydroxylation is 2. The normalized spacial score (nSPS) is 11.1. The molecule has 0 aliphatic carbocycles. The maximum absolute atomic E-state index is 3.35. The first kappa shape index (κ1) is 14.2. The number of benzene rings is 1. The highest BCUT2D eigenvalue weighted by Gasteiger charge is 2.00. The van der Waals surface area contributed by atoms with Crippen LogP contribution in [0.2, 0.25) is 0 Å². The van der Waals surface area contributed by atoms with Crippen molar-refractivity contribution in [2.24, 2.45) is 0 Å². The number of hydrogen-bond acceptors (Lipinski definition) is 2. The fourth-order valence-electron chi connectivity index (χ4n) is 1.99. The van der Waals surface area contributed by atoms with E-state index in [1.807, 2.05) is 0 Å². The molecule has 0 spiro atoms. The topological polar surface area (TPSA) is 15.3 Å². The van der Waals surface area contributed by atoms with E-state index in [9.17, 15) is 0 Å². The van der Waals surface area contributed by atoms with Crippen LogP contribution in [0.25, 0.3) is 0 Å². The second-order valence-electron chi connectivity index (χ2n) is 4.69. The van der Waals surface area contributed by atoms with Crippen LogP contribution in [0.5, 0.6) is 0 Å². The zero-order chi connectivity index (χ0) is 12.5. The molecule has 0 saturated carbocycles. The van der Waals surface area contributed by atoms with Gasteiger partial charge in [0, 0.05) is 13.1 Å². The summed E-state index contributed by atoms with van der Waals surface area (Å²) in [5.41, 5.74) is 2.91. The highest BCUT2D eigenvalue weighted by atomic mass is 15.1. The van der Waals surface area contributed by atoms with Gasteiger partial charge >= 0.3 is 0 Å². The van der Waals surface area contributed by atoms with E-state index in [1.165, 1.54) is 30.5 Å². The van der Waals surface area contributed by atoms with Gasteiger partial charge in [-0.15, -0.1) is 0 Å². The Morgan fingerprint density at radius 1 is 1.18 bits per heavy atom. The minimum atomic E-state index is 1.07. The summed E-state index contributed by atoms with van der Waals surface area (Å²) in [5, 5.41) is 3.35. The highest BCUT2D eigenvalue weighted by Crippen LogP contribution is 2.09. The first-order chi connectivity index (χ1) is 8.24. The second-order valence-corrected chi connectivity index (χ2v) is 4.69. The molecule has 0 heterocycles. The van der Waals surface area contributed by atoms with Crippen LogP contribution >= 0.6 is 0 Å². The average Bonchev–Trinajstić information content (AvgIpc) is 2.32. The molecule has 0 aliphatic heterocycles. The maximum atomic E-state index is 3.35. The minimum absolute atomic E-state index is 1.07. The summed E-state index contributed by atoms with van der Waals surface area (Å²) in [5.74, 6) is 0. The van der Waals surface area contributed by atoms with E-state index in [2.05, 4.69) is 55.4 Å². The summed E-state index contributed by atoms with van der Waals surface area (Å²) in [7, 11) is 2.20. The third-order valence-corrected chi connectivity index (χ3v) is 3.17. The average molecular weight is 234 g/mol. The molecule has 96 valence electrons. The number of likely N-dealkylation sites (N-methyl/N-ethyl adjacent to an activating group) is 2. The van der Waals surface area contributed by atoms with Crippen LogP contribution in [0.15, 0.2) is 24.3 Å². The quantitative estimate of drug-likeness (QED) is 0.695. The Morgan fingerprint density at radius 3 is 2.65 bits per heavy atom. The fourth-order valence-corrected chi connectivity index (χ4v) is 1.99. The van der Waals surface area contributed by atoms with Crippen molar-refractivity contribution in [3.05, 3.63) is 35.4 Å². The lowest BCUT2D eigenvalue weighted by Crippen LogP contribution is -2.30. The number of rotatable bonds is 8. The lowest BCUT2D eigenvalue weighted by Gasteiger charge is -2.16. The zero-order valence-electron chi connectivity index (χ0n) is 11.5. The lowest BCUT2D eigenvalue weighted by molar-refractivity contribution is 0.328. The predicted octanol–water partition coefficient (Wildman–Crippen LogP) is 2.47. The molecule has 1 aromatic rings. The Labute approximate surface area is 106 Å². The van der Waals surface area contributed by atoms with E-state index >= 15 is 0 Å². The Hall–Kier alpha value is -0.860. The molecule has 2 heteroatoms. The molecule has 0 aliphatic rings. The molecule has 0 atom stereocenters. The van der Waals surface area contributed by atoms with Crippen molar-refractivity contribution in [1.29, 1.82) is 0 Å². The molecule has 0 radical (unpaired) electrons. The minimum Gasteiger partial charge on any atom is -0.316 e. The van der Waals surface area contributed by atoms with Crippen molar-refractivity contribution in [3.8, 4) is 0 Å². The van der Waals surface area contributed by atoms with Gasteiger partial charge in [0.05, 0.1) is 0 Å². The van der Waals surface area contributed by atoms with Gasteiger partial charge < -0.3 is 10.2 Å². The largest absolute Gasteiger partial charge is 0.316 e.